The molecule has 4 aromatic rings. The number of nitrogens with zero attached hydrogens (tertiary/aromatic N) is 2. The van der Waals surface area contributed by atoms with Crippen molar-refractivity contribution in [1.82, 2.24) is 4.57 Å². The first kappa shape index (κ1) is 38.7. The molecule has 0 saturated carbocycles. The lowest BCUT2D eigenvalue weighted by atomic mass is 9.96. The number of unbranched alkanes of at least 4 members (excludes halogenated alkanes) is 4. The number of nitrogen functional groups attached to an aromatic ring is 2. The van der Waals surface area contributed by atoms with Crippen LogP contribution in [0.3, 0.4) is 0 Å². The summed E-state index contributed by atoms with van der Waals surface area (Å²) < 4.78 is 23.0. The van der Waals surface area contributed by atoms with Gasteiger partial charge in [-0.05, 0) is 51.4 Å². The number of hydrogen-bond donors (Lipinski definition) is 2. The van der Waals surface area contributed by atoms with Crippen molar-refractivity contribution in [1.29, 1.82) is 0 Å². The van der Waals surface area contributed by atoms with E-state index in [9.17, 15) is 24.0 Å². The summed E-state index contributed by atoms with van der Waals surface area (Å²) in [4.78, 5) is 68.2. The molecule has 0 aliphatic rings. The van der Waals surface area contributed by atoms with Crippen molar-refractivity contribution < 1.29 is 28.5 Å². The summed E-state index contributed by atoms with van der Waals surface area (Å²) in [6.45, 7) is 9.79. The van der Waals surface area contributed by atoms with Crippen molar-refractivity contribution in [2.24, 2.45) is 4.99 Å². The van der Waals surface area contributed by atoms with E-state index >= 15 is 0 Å². The largest absolute Gasteiger partial charge is 0.463 e. The fraction of sp³-hybridized carbons (Fsp3) is 0.421. The second kappa shape index (κ2) is 19.3. The highest BCUT2D eigenvalue weighted by Gasteiger charge is 2.24. The second-order valence-electron chi connectivity index (χ2n) is 12.0. The zero-order valence-corrected chi connectivity index (χ0v) is 28.9. The number of carbonyl (C=O) groups is 2. The molecule has 13 heteroatoms. The number of ether oxygens (including phenoxy) is 4. The van der Waals surface area contributed by atoms with E-state index in [4.69, 9.17) is 35.4 Å². The van der Waals surface area contributed by atoms with Crippen LogP contribution in [0.15, 0.2) is 69.0 Å². The van der Waals surface area contributed by atoms with Crippen molar-refractivity contribution in [3.63, 3.8) is 0 Å². The minimum atomic E-state index is -0.459. The van der Waals surface area contributed by atoms with Gasteiger partial charge in [0.2, 0.25) is 0 Å². The lowest BCUT2D eigenvalue weighted by Crippen LogP contribution is -2.28. The Morgan fingerprint density at radius 3 is 1.65 bits per heavy atom. The Morgan fingerprint density at radius 1 is 0.647 bits per heavy atom. The Balaban J connectivity index is 1.50. The normalized spacial score (nSPS) is 11.8. The second-order valence-corrected chi connectivity index (χ2v) is 12.0. The van der Waals surface area contributed by atoms with Gasteiger partial charge in [-0.1, -0.05) is 37.4 Å². The quantitative estimate of drug-likeness (QED) is 0.0304. The molecule has 0 bridgehead atoms. The Labute approximate surface area is 294 Å². The summed E-state index contributed by atoms with van der Waals surface area (Å²) >= 11 is 0. The highest BCUT2D eigenvalue weighted by molar-refractivity contribution is 6.20. The molecule has 1 heterocycles. The number of fused-ring (bicyclic) bond motifs is 3. The first-order valence-corrected chi connectivity index (χ1v) is 17.3. The highest BCUT2D eigenvalue weighted by atomic mass is 16.5. The molecule has 1 aromatic heterocycles. The average Bonchev–Trinajstić information content (AvgIpc) is 3.42. The number of nitrogens with two attached hydrogens (primary N) is 2. The number of hydrogen-bond acceptors (Lipinski definition) is 12. The first-order valence-electron chi connectivity index (χ1n) is 17.3. The smallest absolute Gasteiger partial charge is 0.330 e. The first-order chi connectivity index (χ1) is 24.7. The van der Waals surface area contributed by atoms with Gasteiger partial charge in [0.25, 0.3) is 5.56 Å². The third kappa shape index (κ3) is 9.56. The Morgan fingerprint density at radius 2 is 1.12 bits per heavy atom. The zero-order chi connectivity index (χ0) is 36.8. The SMILES string of the molecule is C=CC(=O)OCCCCCOCCCN=c1c2c(N)c3c(=O)c4ccccc4c(=O)c3c(N)c2c(=O)n1CCCOCCCCCOC(=O)C=C. The van der Waals surface area contributed by atoms with Gasteiger partial charge >= 0.3 is 11.9 Å². The van der Waals surface area contributed by atoms with Gasteiger partial charge in [-0.2, -0.15) is 0 Å². The lowest BCUT2D eigenvalue weighted by molar-refractivity contribution is -0.138. The van der Waals surface area contributed by atoms with Crippen LogP contribution in [0.4, 0.5) is 11.4 Å². The molecule has 0 radical (unpaired) electrons. The zero-order valence-electron chi connectivity index (χ0n) is 28.9. The van der Waals surface area contributed by atoms with Crippen LogP contribution in [0.1, 0.15) is 51.4 Å². The fourth-order valence-corrected chi connectivity index (χ4v) is 5.91. The molecule has 4 rings (SSSR count). The van der Waals surface area contributed by atoms with E-state index in [0.29, 0.717) is 70.9 Å². The van der Waals surface area contributed by atoms with Crippen LogP contribution in [0.25, 0.3) is 32.3 Å². The summed E-state index contributed by atoms with van der Waals surface area (Å²) in [6.07, 6.45) is 8.00. The third-order valence-electron chi connectivity index (χ3n) is 8.45. The van der Waals surface area contributed by atoms with Crippen LogP contribution in [0.2, 0.25) is 0 Å². The van der Waals surface area contributed by atoms with Crippen molar-refractivity contribution in [2.75, 3.05) is 57.7 Å². The fourth-order valence-electron chi connectivity index (χ4n) is 5.91. The van der Waals surface area contributed by atoms with Gasteiger partial charge in [-0.15, -0.1) is 0 Å². The van der Waals surface area contributed by atoms with Crippen LogP contribution in [0.5, 0.6) is 0 Å². The maximum absolute atomic E-state index is 13.9. The number of carbonyl (C=O) groups excluding carboxylic acids is 2. The molecule has 0 saturated heterocycles. The summed E-state index contributed by atoms with van der Waals surface area (Å²) in [6, 6.07) is 6.47. The molecule has 4 N–H and O–H groups in total. The van der Waals surface area contributed by atoms with Gasteiger partial charge in [0, 0.05) is 62.4 Å². The van der Waals surface area contributed by atoms with Crippen LogP contribution in [-0.4, -0.2) is 62.7 Å². The van der Waals surface area contributed by atoms with Crippen molar-refractivity contribution in [3.8, 4) is 0 Å². The number of benzene rings is 3. The molecule has 0 fully saturated rings. The number of rotatable bonds is 22. The molecule has 13 nitrogen and oxygen atoms in total. The topological polar surface area (TPSA) is 192 Å². The van der Waals surface area contributed by atoms with Crippen LogP contribution >= 0.6 is 0 Å². The Bertz CT molecular complexity index is 2090. The monoisotopic (exact) mass is 702 g/mol. The lowest BCUT2D eigenvalue weighted by Gasteiger charge is -2.08. The molecule has 0 aliphatic carbocycles. The van der Waals surface area contributed by atoms with Crippen molar-refractivity contribution >= 4 is 55.6 Å². The molecule has 0 unspecified atom stereocenters. The summed E-state index contributed by atoms with van der Waals surface area (Å²) in [5, 5.41) is 0.697. The maximum atomic E-state index is 13.9. The summed E-state index contributed by atoms with van der Waals surface area (Å²) in [5.74, 6) is -0.878. The minimum absolute atomic E-state index is 0.00157. The van der Waals surface area contributed by atoms with E-state index in [2.05, 4.69) is 13.2 Å². The number of anilines is 2. The highest BCUT2D eigenvalue weighted by Crippen LogP contribution is 2.31. The van der Waals surface area contributed by atoms with Crippen LogP contribution < -0.4 is 33.4 Å². The average molecular weight is 703 g/mol. The standard InChI is InChI=1S/C38H46N4O9/c1-3-27(43)50-23-11-5-9-19-48-21-13-17-41-37-31-32(38(47)42(37)18-14-22-49-20-10-6-12-24-51-28(44)4-2)34(40)30-29(33(31)39)35(45)25-15-7-8-16-26(25)36(30)46/h3-4,7-8,15-16H,1-2,5-6,9-14,17-24,39-40H2. The molecule has 51 heavy (non-hydrogen) atoms. The molecule has 0 amide bonds. The van der Waals surface area contributed by atoms with Crippen LogP contribution in [-0.2, 0) is 35.1 Å². The predicted octanol–water partition coefficient (Wildman–Crippen LogP) is 3.58. The molecule has 0 aliphatic heterocycles. The van der Waals surface area contributed by atoms with E-state index in [1.807, 2.05) is 0 Å². The van der Waals surface area contributed by atoms with Crippen molar-refractivity contribution in [2.45, 2.75) is 57.9 Å². The molecule has 3 aromatic carbocycles. The van der Waals surface area contributed by atoms with Gasteiger partial charge < -0.3 is 30.4 Å². The van der Waals surface area contributed by atoms with Crippen LogP contribution in [0, 0.1) is 0 Å². The summed E-state index contributed by atoms with van der Waals surface area (Å²) in [5.41, 5.74) is 12.1. The van der Waals surface area contributed by atoms with Crippen molar-refractivity contribution in [3.05, 3.63) is 85.9 Å². The van der Waals surface area contributed by atoms with Gasteiger partial charge in [0.1, 0.15) is 5.49 Å². The minimum Gasteiger partial charge on any atom is -0.463 e. The number of esters is 2. The molecule has 272 valence electrons. The molecule has 0 spiro atoms. The van der Waals surface area contributed by atoms with Gasteiger partial charge in [-0.3, -0.25) is 23.9 Å². The van der Waals surface area contributed by atoms with E-state index in [1.165, 1.54) is 4.57 Å². The third-order valence-corrected chi connectivity index (χ3v) is 8.45. The summed E-state index contributed by atoms with van der Waals surface area (Å²) in [7, 11) is 0. The number of aromatic nitrogens is 1. The maximum Gasteiger partial charge on any atom is 0.330 e. The van der Waals surface area contributed by atoms with E-state index in [0.717, 1.165) is 44.3 Å². The van der Waals surface area contributed by atoms with E-state index < -0.39 is 28.4 Å². The Kier molecular flexibility index (Phi) is 14.6. The van der Waals surface area contributed by atoms with Gasteiger partial charge in [0.05, 0.1) is 46.1 Å². The molecule has 0 atom stereocenters. The van der Waals surface area contributed by atoms with Gasteiger partial charge in [-0.25, -0.2) is 9.59 Å². The molecular weight excluding hydrogens is 656 g/mol. The predicted molar refractivity (Wildman–Crippen MR) is 198 cm³/mol. The van der Waals surface area contributed by atoms with Gasteiger partial charge in [0.15, 0.2) is 10.9 Å². The van der Waals surface area contributed by atoms with E-state index in [1.54, 1.807) is 24.3 Å². The van der Waals surface area contributed by atoms with E-state index in [-0.39, 0.29) is 50.2 Å². The Hall–Kier alpha value is -5.14. The molecular formula is C38H46N4O9.